The molecule has 0 atom stereocenters. The van der Waals surface area contributed by atoms with Crippen LogP contribution in [0.25, 0.3) is 11.1 Å². The molecule has 0 spiro atoms. The molecular formula is C17H17. The second-order valence-corrected chi connectivity index (χ2v) is 5.14. The van der Waals surface area contributed by atoms with Gasteiger partial charge in [0.05, 0.1) is 0 Å². The molecular weight excluding hydrogens is 204 g/mol. The Morgan fingerprint density at radius 1 is 0.824 bits per heavy atom. The summed E-state index contributed by atoms with van der Waals surface area (Å²) in [4.78, 5) is 0. The standard InChI is InChI=1S/C17H17/c1-12(2)11-17-15-9-5-3-7-13(15)14-8-4-6-10-16(14)17/h3-10,17H,11H2,1-2H3. The Morgan fingerprint density at radius 3 is 1.76 bits per heavy atom. The molecule has 1 radical (unpaired) electrons. The van der Waals surface area contributed by atoms with Crippen LogP contribution in [-0.2, 0) is 0 Å². The van der Waals surface area contributed by atoms with Gasteiger partial charge < -0.3 is 0 Å². The van der Waals surface area contributed by atoms with Crippen LogP contribution in [0.5, 0.6) is 0 Å². The minimum Gasteiger partial charge on any atom is -0.0619 e. The average Bonchev–Trinajstić information content (AvgIpc) is 2.65. The molecule has 2 aromatic carbocycles. The van der Waals surface area contributed by atoms with E-state index >= 15 is 0 Å². The van der Waals surface area contributed by atoms with Crippen LogP contribution in [0.3, 0.4) is 0 Å². The number of rotatable bonds is 2. The fraction of sp³-hybridized carbons (Fsp3) is 0.235. The maximum absolute atomic E-state index is 2.28. The molecule has 1 aliphatic carbocycles. The van der Waals surface area contributed by atoms with E-state index in [2.05, 4.69) is 62.4 Å². The third-order valence-electron chi connectivity index (χ3n) is 3.57. The van der Waals surface area contributed by atoms with E-state index in [1.165, 1.54) is 28.2 Å². The van der Waals surface area contributed by atoms with Gasteiger partial charge in [-0.1, -0.05) is 62.4 Å². The fourth-order valence-electron chi connectivity index (χ4n) is 2.89. The van der Waals surface area contributed by atoms with Gasteiger partial charge in [0.2, 0.25) is 0 Å². The summed E-state index contributed by atoms with van der Waals surface area (Å²) in [5, 5.41) is 0. The summed E-state index contributed by atoms with van der Waals surface area (Å²) in [6, 6.07) is 17.6. The highest BCUT2D eigenvalue weighted by Crippen LogP contribution is 2.47. The Hall–Kier alpha value is -1.56. The molecule has 0 N–H and O–H groups in total. The highest BCUT2D eigenvalue weighted by atomic mass is 14.3. The molecule has 0 heterocycles. The van der Waals surface area contributed by atoms with Crippen LogP contribution in [0.4, 0.5) is 0 Å². The Kier molecular flexibility index (Phi) is 2.51. The smallest absolute Gasteiger partial charge is 0.0107 e. The van der Waals surface area contributed by atoms with Gasteiger partial charge in [-0.05, 0) is 34.6 Å². The Morgan fingerprint density at radius 2 is 1.29 bits per heavy atom. The molecule has 1 aliphatic rings. The molecule has 0 heteroatoms. The van der Waals surface area contributed by atoms with Crippen molar-refractivity contribution in [3.8, 4) is 11.1 Å². The van der Waals surface area contributed by atoms with Gasteiger partial charge in [-0.25, -0.2) is 0 Å². The van der Waals surface area contributed by atoms with Crippen LogP contribution in [0.2, 0.25) is 0 Å². The fourth-order valence-corrected chi connectivity index (χ4v) is 2.89. The van der Waals surface area contributed by atoms with E-state index in [4.69, 9.17) is 0 Å². The van der Waals surface area contributed by atoms with Gasteiger partial charge in [0.15, 0.2) is 0 Å². The van der Waals surface area contributed by atoms with Gasteiger partial charge in [-0.3, -0.25) is 0 Å². The molecule has 0 fully saturated rings. The van der Waals surface area contributed by atoms with E-state index in [-0.39, 0.29) is 0 Å². The van der Waals surface area contributed by atoms with Crippen LogP contribution in [0, 0.1) is 5.92 Å². The van der Waals surface area contributed by atoms with Gasteiger partial charge in [0, 0.05) is 5.92 Å². The van der Waals surface area contributed by atoms with Crippen molar-refractivity contribution in [3.63, 3.8) is 0 Å². The first kappa shape index (κ1) is 10.6. The number of hydrogen-bond acceptors (Lipinski definition) is 0. The van der Waals surface area contributed by atoms with Gasteiger partial charge in [0.1, 0.15) is 0 Å². The van der Waals surface area contributed by atoms with Crippen molar-refractivity contribution in [2.24, 2.45) is 0 Å². The van der Waals surface area contributed by atoms with Crippen molar-refractivity contribution >= 4 is 0 Å². The Balaban J connectivity index is 2.17. The van der Waals surface area contributed by atoms with E-state index in [9.17, 15) is 0 Å². The van der Waals surface area contributed by atoms with E-state index in [0.29, 0.717) is 5.92 Å². The molecule has 0 unspecified atom stereocenters. The maximum atomic E-state index is 2.28. The summed E-state index contributed by atoms with van der Waals surface area (Å²) in [7, 11) is 0. The van der Waals surface area contributed by atoms with Crippen LogP contribution in [-0.4, -0.2) is 0 Å². The maximum Gasteiger partial charge on any atom is 0.0107 e. The molecule has 0 amide bonds. The topological polar surface area (TPSA) is 0 Å². The van der Waals surface area contributed by atoms with Gasteiger partial charge in [-0.2, -0.15) is 0 Å². The molecule has 2 aromatic rings. The molecule has 0 saturated carbocycles. The molecule has 3 rings (SSSR count). The summed E-state index contributed by atoms with van der Waals surface area (Å²) in [5.41, 5.74) is 5.84. The second-order valence-electron chi connectivity index (χ2n) is 5.14. The minimum absolute atomic E-state index is 0.562. The summed E-state index contributed by atoms with van der Waals surface area (Å²) in [5.74, 6) is 2.06. The predicted octanol–water partition coefficient (Wildman–Crippen LogP) is 4.80. The normalized spacial score (nSPS) is 13.8. The van der Waals surface area contributed by atoms with Crippen molar-refractivity contribution in [1.29, 1.82) is 0 Å². The molecule has 0 bridgehead atoms. The quantitative estimate of drug-likeness (QED) is 0.683. The lowest BCUT2D eigenvalue weighted by Crippen LogP contribution is -1.99. The SMILES string of the molecule is C[C](C)CC1c2ccccc2-c2ccccc21. The van der Waals surface area contributed by atoms with Crippen molar-refractivity contribution in [1.82, 2.24) is 0 Å². The highest BCUT2D eigenvalue weighted by molar-refractivity contribution is 5.78. The minimum atomic E-state index is 0.562. The summed E-state index contributed by atoms with van der Waals surface area (Å²) in [6.45, 7) is 4.45. The van der Waals surface area contributed by atoms with Crippen LogP contribution < -0.4 is 0 Å². The molecule has 0 nitrogen and oxygen atoms in total. The van der Waals surface area contributed by atoms with Gasteiger partial charge >= 0.3 is 0 Å². The first-order chi connectivity index (χ1) is 8.27. The van der Waals surface area contributed by atoms with E-state index in [0.717, 1.165) is 6.42 Å². The van der Waals surface area contributed by atoms with E-state index in [1.807, 2.05) is 0 Å². The van der Waals surface area contributed by atoms with Crippen LogP contribution in [0.1, 0.15) is 37.3 Å². The number of fused-ring (bicyclic) bond motifs is 3. The first-order valence-electron chi connectivity index (χ1n) is 6.24. The third kappa shape index (κ3) is 1.68. The Labute approximate surface area is 103 Å². The zero-order valence-corrected chi connectivity index (χ0v) is 10.4. The van der Waals surface area contributed by atoms with Gasteiger partial charge in [0.25, 0.3) is 0 Å². The summed E-state index contributed by atoms with van der Waals surface area (Å²) < 4.78 is 0. The highest BCUT2D eigenvalue weighted by Gasteiger charge is 2.28. The van der Waals surface area contributed by atoms with Crippen molar-refractivity contribution in [2.45, 2.75) is 26.2 Å². The lowest BCUT2D eigenvalue weighted by molar-refractivity contribution is 0.743. The van der Waals surface area contributed by atoms with E-state index in [1.54, 1.807) is 0 Å². The molecule has 0 saturated heterocycles. The van der Waals surface area contributed by atoms with Crippen LogP contribution in [0.15, 0.2) is 48.5 Å². The van der Waals surface area contributed by atoms with Gasteiger partial charge in [-0.15, -0.1) is 0 Å². The average molecular weight is 221 g/mol. The zero-order chi connectivity index (χ0) is 11.8. The van der Waals surface area contributed by atoms with Crippen molar-refractivity contribution in [3.05, 3.63) is 65.6 Å². The zero-order valence-electron chi connectivity index (χ0n) is 10.4. The van der Waals surface area contributed by atoms with Crippen molar-refractivity contribution in [2.75, 3.05) is 0 Å². The monoisotopic (exact) mass is 221 g/mol. The third-order valence-corrected chi connectivity index (χ3v) is 3.57. The van der Waals surface area contributed by atoms with Crippen molar-refractivity contribution < 1.29 is 0 Å². The van der Waals surface area contributed by atoms with E-state index < -0.39 is 0 Å². The molecule has 0 aliphatic heterocycles. The number of hydrogen-bond donors (Lipinski definition) is 0. The molecule has 17 heavy (non-hydrogen) atoms. The first-order valence-corrected chi connectivity index (χ1v) is 6.24. The Bertz CT molecular complexity index is 492. The molecule has 0 aromatic heterocycles. The lowest BCUT2D eigenvalue weighted by atomic mass is 9.89. The molecule has 85 valence electrons. The predicted molar refractivity (Wildman–Crippen MR) is 72.9 cm³/mol. The number of benzene rings is 2. The van der Waals surface area contributed by atoms with Crippen LogP contribution >= 0.6 is 0 Å². The second kappa shape index (κ2) is 4.03. The summed E-state index contributed by atoms with van der Waals surface area (Å²) in [6.07, 6.45) is 1.16. The largest absolute Gasteiger partial charge is 0.0619 e. The summed E-state index contributed by atoms with van der Waals surface area (Å²) >= 11 is 0. The lowest BCUT2D eigenvalue weighted by Gasteiger charge is -2.15.